The van der Waals surface area contributed by atoms with Gasteiger partial charge in [-0.3, -0.25) is 14.2 Å². The van der Waals surface area contributed by atoms with Crippen LogP contribution in [0.2, 0.25) is 0 Å². The van der Waals surface area contributed by atoms with Crippen molar-refractivity contribution in [3.63, 3.8) is 0 Å². The molecule has 0 fully saturated rings. The van der Waals surface area contributed by atoms with Crippen LogP contribution >= 0.6 is 11.3 Å². The lowest BCUT2D eigenvalue weighted by molar-refractivity contribution is 0.186. The van der Waals surface area contributed by atoms with Crippen molar-refractivity contribution in [3.05, 3.63) is 69.1 Å². The second-order valence-corrected chi connectivity index (χ2v) is 7.25. The number of hydrogen-bond donors (Lipinski definition) is 0. The largest absolute Gasteiger partial charge is 0.497 e. The molecule has 0 aliphatic carbocycles. The van der Waals surface area contributed by atoms with Gasteiger partial charge in [0.1, 0.15) is 21.8 Å². The van der Waals surface area contributed by atoms with Crippen molar-refractivity contribution in [1.82, 2.24) is 9.55 Å². The van der Waals surface area contributed by atoms with E-state index < -0.39 is 0 Å². The molecule has 28 heavy (non-hydrogen) atoms. The lowest BCUT2D eigenvalue weighted by atomic mass is 10.2. The summed E-state index contributed by atoms with van der Waals surface area (Å²) in [5.41, 5.74) is 0.137. The summed E-state index contributed by atoms with van der Waals surface area (Å²) in [6, 6.07) is 14.6. The summed E-state index contributed by atoms with van der Waals surface area (Å²) in [5.74, 6) is 1.22. The minimum absolute atomic E-state index is 0.122. The highest BCUT2D eigenvalue weighted by atomic mass is 32.1. The Hall–Kier alpha value is -3.03. The Bertz CT molecular complexity index is 1280. The topological polar surface area (TPSA) is 70.4 Å². The van der Waals surface area contributed by atoms with E-state index in [1.807, 2.05) is 36.4 Å². The van der Waals surface area contributed by atoms with Crippen LogP contribution in [0.5, 0.6) is 5.75 Å². The second kappa shape index (κ2) is 7.53. The number of rotatable bonds is 5. The molecule has 0 saturated carbocycles. The second-order valence-electron chi connectivity index (χ2n) is 6.22. The summed E-state index contributed by atoms with van der Waals surface area (Å²) < 4.78 is 12.7. The fourth-order valence-electron chi connectivity index (χ4n) is 3.14. The van der Waals surface area contributed by atoms with Crippen LogP contribution < -0.4 is 15.7 Å². The summed E-state index contributed by atoms with van der Waals surface area (Å²) in [6.07, 6.45) is 0. The molecule has 0 radical (unpaired) electrons. The molecule has 7 heteroatoms. The zero-order valence-corrected chi connectivity index (χ0v) is 16.3. The first-order valence-corrected chi connectivity index (χ1v) is 9.55. The van der Waals surface area contributed by atoms with Crippen LogP contribution in [0.4, 0.5) is 0 Å². The van der Waals surface area contributed by atoms with Crippen LogP contribution in [-0.2, 0) is 11.3 Å². The quantitative estimate of drug-likeness (QED) is 0.486. The van der Waals surface area contributed by atoms with Crippen molar-refractivity contribution in [2.75, 3.05) is 20.8 Å². The molecule has 142 valence electrons. The van der Waals surface area contributed by atoms with Gasteiger partial charge in [0, 0.05) is 22.8 Å². The first-order chi connectivity index (χ1) is 13.6. The molecule has 0 bridgehead atoms. The van der Waals surface area contributed by atoms with E-state index in [9.17, 15) is 9.59 Å². The highest BCUT2D eigenvalue weighted by molar-refractivity contribution is 7.24. The van der Waals surface area contributed by atoms with E-state index in [4.69, 9.17) is 14.5 Å². The van der Waals surface area contributed by atoms with E-state index in [1.165, 1.54) is 15.9 Å². The molecule has 2 heterocycles. The number of ether oxygens (including phenoxy) is 2. The predicted octanol–water partition coefficient (Wildman–Crippen LogP) is 3.29. The van der Waals surface area contributed by atoms with Crippen molar-refractivity contribution in [3.8, 4) is 17.1 Å². The monoisotopic (exact) mass is 394 g/mol. The average Bonchev–Trinajstić information content (AvgIpc) is 2.73. The lowest BCUT2D eigenvalue weighted by Gasteiger charge is -2.13. The van der Waals surface area contributed by atoms with Gasteiger partial charge in [0.05, 0.1) is 20.3 Å². The van der Waals surface area contributed by atoms with Crippen molar-refractivity contribution >= 4 is 31.6 Å². The SMILES string of the molecule is COCCn1c(-c2ccc(OC)cc2)nc2sc3ccccc3c(=O)c2c1=O. The third-order valence-corrected chi connectivity index (χ3v) is 5.63. The summed E-state index contributed by atoms with van der Waals surface area (Å²) in [5, 5.41) is 0.659. The Labute approximate surface area is 164 Å². The molecule has 0 aliphatic rings. The molecule has 0 atom stereocenters. The smallest absolute Gasteiger partial charge is 0.266 e. The molecule has 6 nitrogen and oxygen atoms in total. The molecule has 4 aromatic rings. The number of nitrogens with zero attached hydrogens (tertiary/aromatic N) is 2. The minimum atomic E-state index is -0.347. The van der Waals surface area contributed by atoms with Gasteiger partial charge in [-0.1, -0.05) is 12.1 Å². The molecule has 0 spiro atoms. The highest BCUT2D eigenvalue weighted by Gasteiger charge is 2.17. The van der Waals surface area contributed by atoms with Gasteiger partial charge in [0.2, 0.25) is 5.43 Å². The molecule has 0 N–H and O–H groups in total. The van der Waals surface area contributed by atoms with Gasteiger partial charge >= 0.3 is 0 Å². The van der Waals surface area contributed by atoms with Crippen molar-refractivity contribution in [2.24, 2.45) is 0 Å². The maximum absolute atomic E-state index is 13.3. The molecule has 4 rings (SSSR count). The molecular formula is C21H18N2O4S. The van der Waals surface area contributed by atoms with E-state index >= 15 is 0 Å². The van der Waals surface area contributed by atoms with E-state index in [0.717, 1.165) is 10.3 Å². The first kappa shape index (κ1) is 18.3. The van der Waals surface area contributed by atoms with Crippen molar-refractivity contribution < 1.29 is 9.47 Å². The molecule has 0 amide bonds. The maximum atomic E-state index is 13.3. The van der Waals surface area contributed by atoms with Crippen molar-refractivity contribution in [1.29, 1.82) is 0 Å². The Morgan fingerprint density at radius 2 is 1.79 bits per heavy atom. The molecule has 0 aliphatic heterocycles. The van der Waals surface area contributed by atoms with Crippen LogP contribution in [0.15, 0.2) is 58.1 Å². The summed E-state index contributed by atoms with van der Waals surface area (Å²) >= 11 is 1.35. The van der Waals surface area contributed by atoms with Gasteiger partial charge in [-0.15, -0.1) is 11.3 Å². The Morgan fingerprint density at radius 1 is 1.04 bits per heavy atom. The normalized spacial score (nSPS) is 11.2. The Kier molecular flexibility index (Phi) is 4.93. The minimum Gasteiger partial charge on any atom is -0.497 e. The van der Waals surface area contributed by atoms with Gasteiger partial charge in [0.15, 0.2) is 0 Å². The molecule has 2 aromatic carbocycles. The van der Waals surface area contributed by atoms with Crippen LogP contribution in [0.25, 0.3) is 31.7 Å². The van der Waals surface area contributed by atoms with E-state index in [1.54, 1.807) is 26.4 Å². The number of hydrogen-bond acceptors (Lipinski definition) is 6. The molecular weight excluding hydrogens is 376 g/mol. The van der Waals surface area contributed by atoms with Crippen molar-refractivity contribution in [2.45, 2.75) is 6.54 Å². The van der Waals surface area contributed by atoms with Gasteiger partial charge in [-0.2, -0.15) is 0 Å². The number of benzene rings is 2. The van der Waals surface area contributed by atoms with Crippen LogP contribution in [-0.4, -0.2) is 30.4 Å². The van der Waals surface area contributed by atoms with E-state index in [-0.39, 0.29) is 16.4 Å². The lowest BCUT2D eigenvalue weighted by Crippen LogP contribution is -2.28. The van der Waals surface area contributed by atoms with E-state index in [2.05, 4.69) is 0 Å². The molecule has 0 saturated heterocycles. The summed E-state index contributed by atoms with van der Waals surface area (Å²) in [4.78, 5) is 31.4. The molecule has 2 aromatic heterocycles. The summed E-state index contributed by atoms with van der Waals surface area (Å²) in [7, 11) is 3.17. The standard InChI is InChI=1S/C21H18N2O4S/c1-26-12-11-23-19(13-7-9-14(27-2)10-8-13)22-20-17(21(23)25)18(24)15-5-3-4-6-16(15)28-20/h3-10H,11-12H2,1-2H3. The third kappa shape index (κ3) is 3.08. The maximum Gasteiger partial charge on any atom is 0.266 e. The Morgan fingerprint density at radius 3 is 2.50 bits per heavy atom. The van der Waals surface area contributed by atoms with Crippen LogP contribution in [0.1, 0.15) is 0 Å². The number of aromatic nitrogens is 2. The zero-order chi connectivity index (χ0) is 19.7. The molecule has 0 unspecified atom stereocenters. The summed E-state index contributed by atoms with van der Waals surface area (Å²) in [6.45, 7) is 0.637. The zero-order valence-electron chi connectivity index (χ0n) is 15.5. The van der Waals surface area contributed by atoms with Crippen LogP contribution in [0, 0.1) is 0 Å². The first-order valence-electron chi connectivity index (χ1n) is 8.74. The number of fused-ring (bicyclic) bond motifs is 2. The highest BCUT2D eigenvalue weighted by Crippen LogP contribution is 2.25. The fraction of sp³-hybridized carbons (Fsp3) is 0.190. The van der Waals surface area contributed by atoms with Gasteiger partial charge in [-0.25, -0.2) is 4.98 Å². The predicted molar refractivity (Wildman–Crippen MR) is 112 cm³/mol. The van der Waals surface area contributed by atoms with E-state index in [0.29, 0.717) is 34.9 Å². The third-order valence-electron chi connectivity index (χ3n) is 4.57. The fourth-order valence-corrected chi connectivity index (χ4v) is 4.18. The Balaban J connectivity index is 2.06. The van der Waals surface area contributed by atoms with Gasteiger partial charge in [-0.05, 0) is 36.4 Å². The van der Waals surface area contributed by atoms with Crippen LogP contribution in [0.3, 0.4) is 0 Å². The van der Waals surface area contributed by atoms with Gasteiger partial charge in [0.25, 0.3) is 5.56 Å². The number of methoxy groups -OCH3 is 2. The average molecular weight is 394 g/mol. The van der Waals surface area contributed by atoms with Gasteiger partial charge < -0.3 is 9.47 Å².